The minimum Gasteiger partial charge on any atom is -0.468 e. The molecule has 1 heterocycles. The lowest BCUT2D eigenvalue weighted by molar-refractivity contribution is -0.276. The summed E-state index contributed by atoms with van der Waals surface area (Å²) in [6.45, 7) is 5.19. The van der Waals surface area contributed by atoms with E-state index >= 15 is 0 Å². The zero-order valence-electron chi connectivity index (χ0n) is 23.1. The van der Waals surface area contributed by atoms with Crippen molar-refractivity contribution in [3.63, 3.8) is 0 Å². The van der Waals surface area contributed by atoms with Crippen LogP contribution in [0.5, 0.6) is 0 Å². The van der Waals surface area contributed by atoms with Crippen molar-refractivity contribution in [3.8, 4) is 0 Å². The third-order valence-corrected chi connectivity index (χ3v) is 7.85. The molecule has 1 aliphatic rings. The highest BCUT2D eigenvalue weighted by atomic mass is 32.2. The lowest BCUT2D eigenvalue weighted by Crippen LogP contribution is -2.62. The van der Waals surface area contributed by atoms with Gasteiger partial charge in [0.1, 0.15) is 23.2 Å². The van der Waals surface area contributed by atoms with Crippen LogP contribution in [0.4, 0.5) is 0 Å². The highest BCUT2D eigenvalue weighted by Gasteiger charge is 2.55. The summed E-state index contributed by atoms with van der Waals surface area (Å²) in [4.78, 5) is 26.0. The molecule has 212 valence electrons. The van der Waals surface area contributed by atoms with E-state index in [9.17, 15) is 14.7 Å². The fourth-order valence-corrected chi connectivity index (χ4v) is 6.24. The maximum atomic E-state index is 13.7. The average Bonchev–Trinajstić information content (AvgIpc) is 3.41. The van der Waals surface area contributed by atoms with Gasteiger partial charge in [-0.15, -0.1) is 11.8 Å². The predicted octanol–water partition coefficient (Wildman–Crippen LogP) is 3.76. The van der Waals surface area contributed by atoms with Crippen LogP contribution in [-0.2, 0) is 29.4 Å². The number of ether oxygens (including phenoxy) is 3. The molecule has 3 aromatic rings. The maximum Gasteiger partial charge on any atom is 0.323 e. The van der Waals surface area contributed by atoms with Crippen molar-refractivity contribution in [2.75, 3.05) is 12.9 Å². The van der Waals surface area contributed by atoms with Gasteiger partial charge in [-0.05, 0) is 37.5 Å². The summed E-state index contributed by atoms with van der Waals surface area (Å²) in [5, 5.41) is 14.4. The first-order valence-corrected chi connectivity index (χ1v) is 14.1. The number of hydrogen-bond donors (Lipinski definition) is 3. The van der Waals surface area contributed by atoms with E-state index in [2.05, 4.69) is 5.32 Å². The van der Waals surface area contributed by atoms with E-state index in [0.717, 1.165) is 0 Å². The first-order valence-electron chi connectivity index (χ1n) is 13.0. The molecule has 0 saturated carbocycles. The summed E-state index contributed by atoms with van der Waals surface area (Å²) in [7, 11) is 1.30. The number of nitrogens with two attached hydrogens (primary N) is 1. The van der Waals surface area contributed by atoms with Crippen LogP contribution in [0.2, 0.25) is 0 Å². The Bertz CT molecular complexity index is 1180. The van der Waals surface area contributed by atoms with Crippen molar-refractivity contribution >= 4 is 23.7 Å². The van der Waals surface area contributed by atoms with E-state index < -0.39 is 46.4 Å². The Morgan fingerprint density at radius 1 is 0.900 bits per heavy atom. The molecule has 0 spiro atoms. The van der Waals surface area contributed by atoms with Crippen LogP contribution in [0.1, 0.15) is 37.5 Å². The Labute approximate surface area is 239 Å². The van der Waals surface area contributed by atoms with Crippen molar-refractivity contribution in [1.82, 2.24) is 5.32 Å². The predicted molar refractivity (Wildman–Crippen MR) is 154 cm³/mol. The third-order valence-electron chi connectivity index (χ3n) is 6.56. The Kier molecular flexibility index (Phi) is 9.02. The van der Waals surface area contributed by atoms with Gasteiger partial charge in [0.15, 0.2) is 0 Å². The maximum absolute atomic E-state index is 13.7. The summed E-state index contributed by atoms with van der Waals surface area (Å²) in [6.07, 6.45) is 0. The summed E-state index contributed by atoms with van der Waals surface area (Å²) in [5.74, 6) is -4.93. The van der Waals surface area contributed by atoms with Crippen molar-refractivity contribution in [2.24, 2.45) is 11.7 Å². The molecule has 0 radical (unpaired) electrons. The van der Waals surface area contributed by atoms with E-state index in [0.29, 0.717) is 22.4 Å². The largest absolute Gasteiger partial charge is 0.468 e. The number of aliphatic hydroxyl groups is 1. The molecular weight excluding hydrogens is 528 g/mol. The first kappa shape index (κ1) is 29.8. The molecule has 0 bridgehead atoms. The summed E-state index contributed by atoms with van der Waals surface area (Å²) < 4.78 is 17.3. The van der Waals surface area contributed by atoms with E-state index in [-0.39, 0.29) is 0 Å². The molecule has 4 N–H and O–H groups in total. The van der Waals surface area contributed by atoms with Crippen LogP contribution in [0.25, 0.3) is 0 Å². The SMILES string of the molecule is COC(=O)C1CSC([C@@H](C(=O)OC(C)(C)C)C(N)(O)OC(c2ccccc2)(c2ccccc2)c2ccccc2)N1. The second-order valence-electron chi connectivity index (χ2n) is 10.6. The van der Waals surface area contributed by atoms with Crippen LogP contribution >= 0.6 is 11.8 Å². The molecule has 3 aromatic carbocycles. The second-order valence-corrected chi connectivity index (χ2v) is 11.8. The summed E-state index contributed by atoms with van der Waals surface area (Å²) in [5.41, 5.74) is 6.47. The highest BCUT2D eigenvalue weighted by Crippen LogP contribution is 2.45. The van der Waals surface area contributed by atoms with Gasteiger partial charge in [-0.1, -0.05) is 91.0 Å². The Hall–Kier alpha value is -3.21. The van der Waals surface area contributed by atoms with E-state index in [1.54, 1.807) is 20.8 Å². The van der Waals surface area contributed by atoms with Crippen molar-refractivity contribution < 1.29 is 28.9 Å². The van der Waals surface area contributed by atoms with Gasteiger partial charge >= 0.3 is 11.9 Å². The van der Waals surface area contributed by atoms with Crippen LogP contribution < -0.4 is 11.1 Å². The Morgan fingerprint density at radius 3 is 1.75 bits per heavy atom. The van der Waals surface area contributed by atoms with Gasteiger partial charge in [0.2, 0.25) is 5.91 Å². The molecule has 3 unspecified atom stereocenters. The standard InChI is InChI=1S/C31H36N2O6S/c1-29(2,3)38-28(35)25(26-33-24(20-40-26)27(34)37-4)31(32,36)39-30(21-14-8-5-9-15-21,22-16-10-6-11-17-22)23-18-12-7-13-19-23/h5-19,24-26,33,36H,20,32H2,1-4H3/t24?,25-,26?,31?/m0/s1. The number of thioether (sulfide) groups is 1. The lowest BCUT2D eigenvalue weighted by Gasteiger charge is -2.44. The average molecular weight is 565 g/mol. The van der Waals surface area contributed by atoms with E-state index in [1.807, 2.05) is 91.0 Å². The number of methoxy groups -OCH3 is 1. The number of carbonyl (C=O) groups is 2. The zero-order valence-corrected chi connectivity index (χ0v) is 23.9. The monoisotopic (exact) mass is 564 g/mol. The second kappa shape index (κ2) is 12.1. The van der Waals surface area contributed by atoms with Gasteiger partial charge in [0, 0.05) is 5.75 Å². The van der Waals surface area contributed by atoms with E-state index in [1.165, 1.54) is 18.9 Å². The molecule has 9 heteroatoms. The number of esters is 2. The van der Waals surface area contributed by atoms with Crippen LogP contribution in [0.15, 0.2) is 91.0 Å². The van der Waals surface area contributed by atoms with Crippen molar-refractivity contribution in [3.05, 3.63) is 108 Å². The molecule has 0 aliphatic carbocycles. The quantitative estimate of drug-likeness (QED) is 0.203. The molecular formula is C31H36N2O6S. The van der Waals surface area contributed by atoms with Gasteiger partial charge < -0.3 is 19.3 Å². The molecule has 1 fully saturated rings. The molecule has 4 rings (SSSR count). The molecule has 8 nitrogen and oxygen atoms in total. The third kappa shape index (κ3) is 6.40. The Morgan fingerprint density at radius 2 is 1.35 bits per heavy atom. The summed E-state index contributed by atoms with van der Waals surface area (Å²) >= 11 is 1.26. The fourth-order valence-electron chi connectivity index (χ4n) is 4.84. The lowest BCUT2D eigenvalue weighted by atomic mass is 9.79. The summed E-state index contributed by atoms with van der Waals surface area (Å²) in [6, 6.07) is 27.5. The molecule has 0 amide bonds. The van der Waals surface area contributed by atoms with Gasteiger partial charge in [-0.25, -0.2) is 0 Å². The van der Waals surface area contributed by atoms with Crippen molar-refractivity contribution in [1.29, 1.82) is 0 Å². The fraction of sp³-hybridized carbons (Fsp3) is 0.355. The molecule has 1 saturated heterocycles. The molecule has 40 heavy (non-hydrogen) atoms. The highest BCUT2D eigenvalue weighted by molar-refractivity contribution is 8.00. The smallest absolute Gasteiger partial charge is 0.323 e. The van der Waals surface area contributed by atoms with Gasteiger partial charge in [-0.2, -0.15) is 0 Å². The number of hydrogen-bond acceptors (Lipinski definition) is 9. The van der Waals surface area contributed by atoms with Crippen LogP contribution in [0, 0.1) is 5.92 Å². The van der Waals surface area contributed by atoms with Crippen LogP contribution in [-0.4, -0.2) is 52.8 Å². The van der Waals surface area contributed by atoms with Crippen LogP contribution in [0.3, 0.4) is 0 Å². The van der Waals surface area contributed by atoms with E-state index in [4.69, 9.17) is 19.9 Å². The number of carbonyl (C=O) groups excluding carboxylic acids is 2. The number of benzene rings is 3. The minimum atomic E-state index is -2.57. The topological polar surface area (TPSA) is 120 Å². The number of rotatable bonds is 9. The van der Waals surface area contributed by atoms with Crippen molar-refractivity contribution in [2.45, 2.75) is 49.3 Å². The number of nitrogens with one attached hydrogen (secondary N) is 1. The normalized spacial score (nSPS) is 19.9. The molecule has 4 atom stereocenters. The molecule has 0 aromatic heterocycles. The first-order chi connectivity index (χ1) is 19.0. The van der Waals surface area contributed by atoms with Gasteiger partial charge in [0.05, 0.1) is 12.5 Å². The Balaban J connectivity index is 1.87. The molecule has 1 aliphatic heterocycles. The minimum absolute atomic E-state index is 0.313. The zero-order chi connectivity index (χ0) is 29.0. The van der Waals surface area contributed by atoms with Gasteiger partial charge in [0.25, 0.3) is 0 Å². The van der Waals surface area contributed by atoms with Gasteiger partial charge in [-0.3, -0.25) is 20.6 Å².